The molecular weight excluding hydrogens is 356 g/mol. The van der Waals surface area contributed by atoms with Gasteiger partial charge in [0.15, 0.2) is 0 Å². The van der Waals surface area contributed by atoms with Gasteiger partial charge in [0, 0.05) is 23.3 Å². The molecule has 0 saturated heterocycles. The number of aromatic nitrogens is 2. The third-order valence-corrected chi connectivity index (χ3v) is 5.51. The van der Waals surface area contributed by atoms with Crippen molar-refractivity contribution in [1.29, 1.82) is 0 Å². The first kappa shape index (κ1) is 17.2. The summed E-state index contributed by atoms with van der Waals surface area (Å²) >= 11 is 1.35. The van der Waals surface area contributed by atoms with Crippen LogP contribution in [0, 0.1) is 13.8 Å². The van der Waals surface area contributed by atoms with Gasteiger partial charge in [0.05, 0.1) is 21.9 Å². The lowest BCUT2D eigenvalue weighted by atomic mass is 9.98. The first-order chi connectivity index (χ1) is 13.0. The molecule has 0 spiro atoms. The van der Waals surface area contributed by atoms with E-state index in [2.05, 4.69) is 15.3 Å². The van der Waals surface area contributed by atoms with Gasteiger partial charge < -0.3 is 11.1 Å². The fourth-order valence-electron chi connectivity index (χ4n) is 3.15. The van der Waals surface area contributed by atoms with E-state index in [1.165, 1.54) is 11.3 Å². The summed E-state index contributed by atoms with van der Waals surface area (Å²) < 4.78 is 0. The van der Waals surface area contributed by atoms with E-state index in [1.54, 1.807) is 18.5 Å². The standard InChI is InChI=1S/C21H18N4OS/c1-12-5-3-6-13(2)17(12)19-18(15(22)8-10-23-19)25-20(26)16-11-14-7-4-9-24-21(14)27-16/h3-11H,1-2H3,(H2,22,23)(H,25,26). The number of carbonyl (C=O) groups excluding carboxylic acids is 1. The van der Waals surface area contributed by atoms with Crippen molar-refractivity contribution < 1.29 is 4.79 Å². The van der Waals surface area contributed by atoms with Gasteiger partial charge in [-0.25, -0.2) is 4.98 Å². The fourth-order valence-corrected chi connectivity index (χ4v) is 4.04. The lowest BCUT2D eigenvalue weighted by Gasteiger charge is -2.15. The second-order valence-corrected chi connectivity index (χ2v) is 7.38. The van der Waals surface area contributed by atoms with Crippen molar-refractivity contribution in [1.82, 2.24) is 9.97 Å². The van der Waals surface area contributed by atoms with Gasteiger partial charge in [-0.15, -0.1) is 11.3 Å². The molecule has 3 N–H and O–H groups in total. The van der Waals surface area contributed by atoms with E-state index in [4.69, 9.17) is 5.73 Å². The number of anilines is 2. The van der Waals surface area contributed by atoms with E-state index in [9.17, 15) is 4.79 Å². The maximum atomic E-state index is 12.9. The largest absolute Gasteiger partial charge is 0.397 e. The zero-order chi connectivity index (χ0) is 19.0. The number of carbonyl (C=O) groups is 1. The monoisotopic (exact) mass is 374 g/mol. The molecule has 134 valence electrons. The first-order valence-corrected chi connectivity index (χ1v) is 9.33. The number of fused-ring (bicyclic) bond motifs is 1. The van der Waals surface area contributed by atoms with Gasteiger partial charge in [0.1, 0.15) is 4.83 Å². The van der Waals surface area contributed by atoms with E-state index < -0.39 is 0 Å². The van der Waals surface area contributed by atoms with E-state index in [1.807, 2.05) is 50.2 Å². The number of nitrogens with one attached hydrogen (secondary N) is 1. The number of rotatable bonds is 3. The number of nitrogens with zero attached hydrogens (tertiary/aromatic N) is 2. The zero-order valence-corrected chi connectivity index (χ0v) is 15.8. The fraction of sp³-hybridized carbons (Fsp3) is 0.0952. The molecule has 4 rings (SSSR count). The maximum absolute atomic E-state index is 12.9. The van der Waals surface area contributed by atoms with Crippen LogP contribution in [0.15, 0.2) is 54.9 Å². The number of hydrogen-bond acceptors (Lipinski definition) is 5. The van der Waals surface area contributed by atoms with E-state index in [0.717, 1.165) is 26.9 Å². The molecule has 4 aromatic rings. The number of nitrogens with two attached hydrogens (primary N) is 1. The maximum Gasteiger partial charge on any atom is 0.265 e. The number of amides is 1. The zero-order valence-electron chi connectivity index (χ0n) is 15.0. The summed E-state index contributed by atoms with van der Waals surface area (Å²) in [6.45, 7) is 4.05. The van der Waals surface area contributed by atoms with Gasteiger partial charge in [-0.1, -0.05) is 24.3 Å². The number of aryl methyl sites for hydroxylation is 2. The van der Waals surface area contributed by atoms with Crippen molar-refractivity contribution in [2.24, 2.45) is 0 Å². The topological polar surface area (TPSA) is 80.9 Å². The summed E-state index contributed by atoms with van der Waals surface area (Å²) in [6.07, 6.45) is 3.38. The highest BCUT2D eigenvalue weighted by Gasteiger charge is 2.18. The van der Waals surface area contributed by atoms with E-state index >= 15 is 0 Å². The smallest absolute Gasteiger partial charge is 0.265 e. The Morgan fingerprint density at radius 1 is 1.04 bits per heavy atom. The molecule has 1 amide bonds. The van der Waals surface area contributed by atoms with Gasteiger partial charge in [0.25, 0.3) is 5.91 Å². The number of benzene rings is 1. The molecule has 0 atom stereocenters. The predicted molar refractivity (Wildman–Crippen MR) is 111 cm³/mol. The predicted octanol–water partition coefficient (Wildman–Crippen LogP) is 4.81. The Kier molecular flexibility index (Phi) is 4.33. The average Bonchev–Trinajstić information content (AvgIpc) is 3.08. The van der Waals surface area contributed by atoms with Gasteiger partial charge in [-0.05, 0) is 43.2 Å². The summed E-state index contributed by atoms with van der Waals surface area (Å²) in [5, 5.41) is 3.91. The molecule has 1 aromatic carbocycles. The SMILES string of the molecule is Cc1cccc(C)c1-c1nccc(N)c1NC(=O)c1cc2cccnc2s1. The van der Waals surface area contributed by atoms with Crippen LogP contribution in [0.4, 0.5) is 11.4 Å². The minimum Gasteiger partial charge on any atom is -0.397 e. The van der Waals surface area contributed by atoms with Crippen molar-refractivity contribution in [3.8, 4) is 11.3 Å². The Morgan fingerprint density at radius 2 is 1.81 bits per heavy atom. The molecule has 0 aliphatic rings. The molecule has 3 aromatic heterocycles. The minimum atomic E-state index is -0.217. The summed E-state index contributed by atoms with van der Waals surface area (Å²) in [7, 11) is 0. The first-order valence-electron chi connectivity index (χ1n) is 8.51. The number of thiophene rings is 1. The lowest BCUT2D eigenvalue weighted by molar-refractivity contribution is 0.103. The number of pyridine rings is 2. The highest BCUT2D eigenvalue weighted by atomic mass is 32.1. The Hall–Kier alpha value is -3.25. The molecule has 0 aliphatic carbocycles. The molecule has 0 bridgehead atoms. The molecule has 0 aliphatic heterocycles. The molecular formula is C21H18N4OS. The van der Waals surface area contributed by atoms with Crippen LogP contribution in [0.5, 0.6) is 0 Å². The lowest BCUT2D eigenvalue weighted by Crippen LogP contribution is -2.13. The Balaban J connectivity index is 1.77. The van der Waals surface area contributed by atoms with Crippen LogP contribution in [0.1, 0.15) is 20.8 Å². The quantitative estimate of drug-likeness (QED) is 0.539. The van der Waals surface area contributed by atoms with E-state index in [0.29, 0.717) is 21.9 Å². The number of hydrogen-bond donors (Lipinski definition) is 2. The van der Waals surface area contributed by atoms with E-state index in [-0.39, 0.29) is 5.91 Å². The summed E-state index contributed by atoms with van der Waals surface area (Å²) in [6, 6.07) is 13.4. The second-order valence-electron chi connectivity index (χ2n) is 6.35. The second kappa shape index (κ2) is 6.81. The van der Waals surface area contributed by atoms with Crippen LogP contribution in [-0.2, 0) is 0 Å². The third kappa shape index (κ3) is 3.15. The van der Waals surface area contributed by atoms with Crippen LogP contribution in [0.25, 0.3) is 21.5 Å². The summed E-state index contributed by atoms with van der Waals surface area (Å²) in [5.74, 6) is -0.217. The third-order valence-electron chi connectivity index (χ3n) is 4.46. The molecule has 0 radical (unpaired) electrons. The molecule has 27 heavy (non-hydrogen) atoms. The summed E-state index contributed by atoms with van der Waals surface area (Å²) in [5.41, 5.74) is 11.0. The highest BCUT2D eigenvalue weighted by molar-refractivity contribution is 7.20. The van der Waals surface area contributed by atoms with Gasteiger partial charge in [-0.2, -0.15) is 0 Å². The van der Waals surface area contributed by atoms with Crippen LogP contribution in [0.2, 0.25) is 0 Å². The van der Waals surface area contributed by atoms with Crippen molar-refractivity contribution in [2.75, 3.05) is 11.1 Å². The number of nitrogen functional groups attached to an aromatic ring is 1. The van der Waals surface area contributed by atoms with Crippen LogP contribution < -0.4 is 11.1 Å². The van der Waals surface area contributed by atoms with Crippen molar-refractivity contribution >= 4 is 38.8 Å². The Labute approximate surface area is 160 Å². The Morgan fingerprint density at radius 3 is 2.56 bits per heavy atom. The molecule has 0 fully saturated rings. The molecule has 0 unspecified atom stereocenters. The summed E-state index contributed by atoms with van der Waals surface area (Å²) in [4.78, 5) is 23.1. The van der Waals surface area contributed by atoms with Gasteiger partial charge >= 0.3 is 0 Å². The molecule has 5 nitrogen and oxygen atoms in total. The van der Waals surface area contributed by atoms with Gasteiger partial charge in [-0.3, -0.25) is 9.78 Å². The van der Waals surface area contributed by atoms with Crippen molar-refractivity contribution in [3.63, 3.8) is 0 Å². The highest BCUT2D eigenvalue weighted by Crippen LogP contribution is 2.35. The molecule has 0 saturated carbocycles. The normalized spacial score (nSPS) is 10.9. The van der Waals surface area contributed by atoms with Gasteiger partial charge in [0.2, 0.25) is 0 Å². The molecule has 6 heteroatoms. The molecule has 3 heterocycles. The van der Waals surface area contributed by atoms with Crippen LogP contribution in [0.3, 0.4) is 0 Å². The minimum absolute atomic E-state index is 0.217. The Bertz CT molecular complexity index is 1110. The van der Waals surface area contributed by atoms with Crippen LogP contribution >= 0.6 is 11.3 Å². The van der Waals surface area contributed by atoms with Crippen molar-refractivity contribution in [3.05, 3.63) is 70.9 Å². The van der Waals surface area contributed by atoms with Crippen molar-refractivity contribution in [2.45, 2.75) is 13.8 Å². The van der Waals surface area contributed by atoms with Crippen LogP contribution in [-0.4, -0.2) is 15.9 Å². The average molecular weight is 374 g/mol.